The van der Waals surface area contributed by atoms with E-state index in [0.29, 0.717) is 5.82 Å². The number of halogens is 1. The third kappa shape index (κ3) is 3.04. The Balaban J connectivity index is 1.81. The predicted octanol–water partition coefficient (Wildman–Crippen LogP) is 4.57. The Hall–Kier alpha value is -2.27. The van der Waals surface area contributed by atoms with Gasteiger partial charge in [-0.3, -0.25) is 0 Å². The van der Waals surface area contributed by atoms with Crippen molar-refractivity contribution in [3.05, 3.63) is 59.1 Å². The molecule has 0 N–H and O–H groups in total. The minimum Gasteiger partial charge on any atom is -0.355 e. The lowest BCUT2D eigenvalue weighted by atomic mass is 10.1. The molecule has 0 bridgehead atoms. The number of rotatable bonds is 3. The lowest BCUT2D eigenvalue weighted by Crippen LogP contribution is -2.21. The molecule has 0 radical (unpaired) electrons. The second-order valence-electron chi connectivity index (χ2n) is 5.87. The lowest BCUT2D eigenvalue weighted by Gasteiger charge is -2.19. The average Bonchev–Trinajstić information content (AvgIpc) is 3.17. The summed E-state index contributed by atoms with van der Waals surface area (Å²) in [6.45, 7) is 2.05. The minimum absolute atomic E-state index is 0.670. The third-order valence-electron chi connectivity index (χ3n) is 4.22. The van der Waals surface area contributed by atoms with E-state index < -0.39 is 0 Å². The van der Waals surface area contributed by atoms with E-state index in [1.807, 2.05) is 42.5 Å². The number of nitrogens with zero attached hydrogens (tertiary/aromatic N) is 4. The van der Waals surface area contributed by atoms with Crippen molar-refractivity contribution in [2.24, 2.45) is 0 Å². The fourth-order valence-electron chi connectivity index (χ4n) is 2.97. The molecule has 0 aliphatic carbocycles. The largest absolute Gasteiger partial charge is 0.355 e. The van der Waals surface area contributed by atoms with Crippen LogP contribution in [0.15, 0.2) is 59.1 Å². The highest BCUT2D eigenvalue weighted by molar-refractivity contribution is 9.10. The Morgan fingerprint density at radius 2 is 1.50 bits per heavy atom. The van der Waals surface area contributed by atoms with Gasteiger partial charge >= 0.3 is 0 Å². The van der Waals surface area contributed by atoms with Gasteiger partial charge in [-0.2, -0.15) is 0 Å². The van der Waals surface area contributed by atoms with Crippen molar-refractivity contribution in [2.75, 3.05) is 18.0 Å². The zero-order valence-corrected chi connectivity index (χ0v) is 14.8. The molecule has 0 spiro atoms. The molecule has 120 valence electrons. The normalized spacial score (nSPS) is 14.1. The van der Waals surface area contributed by atoms with Crippen molar-refractivity contribution in [1.82, 2.24) is 15.2 Å². The van der Waals surface area contributed by atoms with Crippen molar-refractivity contribution in [1.29, 1.82) is 0 Å². The molecule has 3 aromatic rings. The maximum Gasteiger partial charge on any atom is 0.183 e. The van der Waals surface area contributed by atoms with Gasteiger partial charge in [0.15, 0.2) is 11.6 Å². The van der Waals surface area contributed by atoms with Gasteiger partial charge in [0.25, 0.3) is 0 Å². The predicted molar refractivity (Wildman–Crippen MR) is 99.8 cm³/mol. The van der Waals surface area contributed by atoms with E-state index >= 15 is 0 Å². The summed E-state index contributed by atoms with van der Waals surface area (Å²) in [6, 6.07) is 18.2. The molecular weight excluding hydrogens is 364 g/mol. The molecule has 4 nitrogen and oxygen atoms in total. The second-order valence-corrected chi connectivity index (χ2v) is 6.79. The van der Waals surface area contributed by atoms with Crippen LogP contribution in [0.4, 0.5) is 5.82 Å². The van der Waals surface area contributed by atoms with E-state index in [-0.39, 0.29) is 0 Å². The Bertz CT molecular complexity index is 828. The topological polar surface area (TPSA) is 41.9 Å². The molecule has 2 aromatic carbocycles. The summed E-state index contributed by atoms with van der Waals surface area (Å²) < 4.78 is 1.04. The lowest BCUT2D eigenvalue weighted by molar-refractivity contribution is 0.896. The van der Waals surface area contributed by atoms with Crippen LogP contribution in [-0.2, 0) is 0 Å². The summed E-state index contributed by atoms with van der Waals surface area (Å²) in [5.41, 5.74) is 2.89. The van der Waals surface area contributed by atoms with E-state index in [2.05, 4.69) is 43.2 Å². The minimum atomic E-state index is 0.670. The molecule has 0 saturated carbocycles. The molecule has 4 rings (SSSR count). The molecule has 1 saturated heterocycles. The third-order valence-corrected chi connectivity index (χ3v) is 4.75. The van der Waals surface area contributed by atoms with Crippen LogP contribution in [0, 0.1) is 0 Å². The van der Waals surface area contributed by atoms with E-state index in [1.54, 1.807) is 0 Å². The Labute approximate surface area is 149 Å². The van der Waals surface area contributed by atoms with E-state index in [9.17, 15) is 0 Å². The van der Waals surface area contributed by atoms with Gasteiger partial charge in [-0.1, -0.05) is 58.4 Å². The Morgan fingerprint density at radius 3 is 2.21 bits per heavy atom. The van der Waals surface area contributed by atoms with E-state index in [4.69, 9.17) is 4.98 Å². The number of hydrogen-bond donors (Lipinski definition) is 0. The van der Waals surface area contributed by atoms with Gasteiger partial charge < -0.3 is 4.90 Å². The van der Waals surface area contributed by atoms with Crippen molar-refractivity contribution in [3.8, 4) is 22.6 Å². The van der Waals surface area contributed by atoms with Gasteiger partial charge in [0, 0.05) is 28.7 Å². The number of hydrogen-bond acceptors (Lipinski definition) is 4. The van der Waals surface area contributed by atoms with Crippen LogP contribution >= 0.6 is 15.9 Å². The first-order chi connectivity index (χ1) is 11.8. The highest BCUT2D eigenvalue weighted by atomic mass is 79.9. The summed E-state index contributed by atoms with van der Waals surface area (Å²) in [5, 5.41) is 8.91. The van der Waals surface area contributed by atoms with Gasteiger partial charge in [0.2, 0.25) is 0 Å². The Kier molecular flexibility index (Phi) is 4.26. The average molecular weight is 381 g/mol. The van der Waals surface area contributed by atoms with Crippen LogP contribution in [0.3, 0.4) is 0 Å². The van der Waals surface area contributed by atoms with Gasteiger partial charge in [-0.05, 0) is 25.0 Å². The van der Waals surface area contributed by atoms with Crippen molar-refractivity contribution in [3.63, 3.8) is 0 Å². The molecule has 1 aromatic heterocycles. The monoisotopic (exact) mass is 380 g/mol. The number of benzene rings is 2. The quantitative estimate of drug-likeness (QED) is 0.667. The zero-order valence-electron chi connectivity index (χ0n) is 13.2. The van der Waals surface area contributed by atoms with E-state index in [0.717, 1.165) is 40.2 Å². The summed E-state index contributed by atoms with van der Waals surface area (Å²) in [6.07, 6.45) is 2.40. The summed E-state index contributed by atoms with van der Waals surface area (Å²) >= 11 is 3.46. The van der Waals surface area contributed by atoms with Crippen molar-refractivity contribution < 1.29 is 0 Å². The first-order valence-corrected chi connectivity index (χ1v) is 8.91. The molecule has 5 heteroatoms. The van der Waals surface area contributed by atoms with Crippen LogP contribution < -0.4 is 4.90 Å². The molecule has 0 amide bonds. The van der Waals surface area contributed by atoms with Gasteiger partial charge in [-0.15, -0.1) is 10.2 Å². The first kappa shape index (κ1) is 15.3. The van der Waals surface area contributed by atoms with Gasteiger partial charge in [-0.25, -0.2) is 4.98 Å². The molecule has 1 fully saturated rings. The fraction of sp³-hybridized carbons (Fsp3) is 0.211. The maximum absolute atomic E-state index is 4.87. The molecule has 0 atom stereocenters. The standard InChI is InChI=1S/C19H17BrN4/c20-16-10-8-15(9-11-16)18-21-19(24-12-4-5-13-24)17(22-23-18)14-6-2-1-3-7-14/h1-3,6-11H,4-5,12-13H2. The molecule has 0 unspecified atom stereocenters. The summed E-state index contributed by atoms with van der Waals surface area (Å²) in [7, 11) is 0. The van der Waals surface area contributed by atoms with Crippen LogP contribution in [0.2, 0.25) is 0 Å². The second kappa shape index (κ2) is 6.69. The van der Waals surface area contributed by atoms with Gasteiger partial charge in [0.1, 0.15) is 5.69 Å². The van der Waals surface area contributed by atoms with Gasteiger partial charge in [0.05, 0.1) is 0 Å². The van der Waals surface area contributed by atoms with Crippen LogP contribution in [0.25, 0.3) is 22.6 Å². The first-order valence-electron chi connectivity index (χ1n) is 8.12. The SMILES string of the molecule is Brc1ccc(-c2nnc(-c3ccccc3)c(N3CCCC3)n2)cc1. The van der Waals surface area contributed by atoms with Crippen LogP contribution in [-0.4, -0.2) is 28.3 Å². The smallest absolute Gasteiger partial charge is 0.183 e. The zero-order chi connectivity index (χ0) is 16.4. The summed E-state index contributed by atoms with van der Waals surface area (Å²) in [4.78, 5) is 7.19. The highest BCUT2D eigenvalue weighted by Gasteiger charge is 2.21. The molecular formula is C19H17BrN4. The highest BCUT2D eigenvalue weighted by Crippen LogP contribution is 2.30. The summed E-state index contributed by atoms with van der Waals surface area (Å²) in [5.74, 6) is 1.61. The molecule has 2 heterocycles. The number of aromatic nitrogens is 3. The molecule has 24 heavy (non-hydrogen) atoms. The van der Waals surface area contributed by atoms with Crippen molar-refractivity contribution in [2.45, 2.75) is 12.8 Å². The maximum atomic E-state index is 4.87. The molecule has 1 aliphatic heterocycles. The molecule has 1 aliphatic rings. The number of anilines is 1. The fourth-order valence-corrected chi connectivity index (χ4v) is 3.24. The Morgan fingerprint density at radius 1 is 0.792 bits per heavy atom. The van der Waals surface area contributed by atoms with Crippen LogP contribution in [0.1, 0.15) is 12.8 Å². The van der Waals surface area contributed by atoms with Crippen molar-refractivity contribution >= 4 is 21.7 Å². The van der Waals surface area contributed by atoms with E-state index in [1.165, 1.54) is 12.8 Å². The van der Waals surface area contributed by atoms with Crippen LogP contribution in [0.5, 0.6) is 0 Å².